The largest absolute Gasteiger partial charge is 0.573 e. The molecule has 1 aliphatic carbocycles. The molecule has 2 atom stereocenters. The van der Waals surface area contributed by atoms with Gasteiger partial charge in [0.25, 0.3) is 0 Å². The minimum Gasteiger partial charge on any atom is -0.486 e. The maximum atomic E-state index is 12.2. The molecule has 1 fully saturated rings. The first-order valence-electron chi connectivity index (χ1n) is 9.47. The number of aliphatic hydroxyl groups excluding tert-OH is 1. The van der Waals surface area contributed by atoms with Gasteiger partial charge < -0.3 is 19.9 Å². The monoisotopic (exact) mass is 492 g/mol. The van der Waals surface area contributed by atoms with Crippen molar-refractivity contribution in [3.05, 3.63) is 51.1 Å². The Morgan fingerprint density at radius 3 is 2.60 bits per heavy atom. The number of allylic oxidation sites excluding steroid dienone is 2. The topological polar surface area (TPSA) is 91.6 Å². The summed E-state index contributed by atoms with van der Waals surface area (Å²) < 4.78 is 47.9. The quantitative estimate of drug-likeness (QED) is 0.425. The van der Waals surface area contributed by atoms with Gasteiger partial charge in [0.15, 0.2) is 0 Å². The molecule has 0 amide bonds. The summed E-state index contributed by atoms with van der Waals surface area (Å²) >= 11 is 3.57. The van der Waals surface area contributed by atoms with E-state index in [9.17, 15) is 18.3 Å². The first kappa shape index (κ1) is 24.2. The fourth-order valence-electron chi connectivity index (χ4n) is 3.59. The third kappa shape index (κ3) is 6.21. The number of halogens is 4. The highest BCUT2D eigenvalue weighted by atomic mass is 79.9. The molecule has 166 valence electrons. The zero-order valence-electron chi connectivity index (χ0n) is 16.4. The van der Waals surface area contributed by atoms with Gasteiger partial charge in [0, 0.05) is 35.1 Å². The summed E-state index contributed by atoms with van der Waals surface area (Å²) in [5, 5.41) is 13.8. The number of fused-ring (bicyclic) bond motifs is 1. The number of hydrogen-bond donors (Lipinski definition) is 3. The van der Waals surface area contributed by atoms with Gasteiger partial charge in [-0.15, -0.1) is 13.2 Å². The summed E-state index contributed by atoms with van der Waals surface area (Å²) in [5.41, 5.74) is 5.56. The summed E-state index contributed by atoms with van der Waals surface area (Å²) in [4.78, 5) is 7.50. The van der Waals surface area contributed by atoms with Crippen LogP contribution in [-0.2, 0) is 4.74 Å². The molecule has 1 aromatic carbocycles. The zero-order chi connectivity index (χ0) is 22.4. The number of aliphatic hydroxyl groups is 1. The van der Waals surface area contributed by atoms with Crippen molar-refractivity contribution >= 4 is 21.6 Å². The van der Waals surface area contributed by atoms with E-state index < -0.39 is 18.1 Å². The second-order valence-corrected chi connectivity index (χ2v) is 8.00. The van der Waals surface area contributed by atoms with Gasteiger partial charge in [-0.1, -0.05) is 34.5 Å². The van der Waals surface area contributed by atoms with Gasteiger partial charge in [-0.3, -0.25) is 0 Å². The van der Waals surface area contributed by atoms with Crippen LogP contribution in [0.3, 0.4) is 0 Å². The van der Waals surface area contributed by atoms with Crippen LogP contribution < -0.4 is 10.1 Å². The van der Waals surface area contributed by atoms with E-state index in [0.29, 0.717) is 25.1 Å². The van der Waals surface area contributed by atoms with Crippen LogP contribution in [0.2, 0.25) is 0 Å². The maximum Gasteiger partial charge on any atom is 0.573 e. The van der Waals surface area contributed by atoms with E-state index in [1.807, 2.05) is 13.0 Å². The second kappa shape index (κ2) is 10.3. The van der Waals surface area contributed by atoms with Crippen molar-refractivity contribution in [2.24, 2.45) is 0 Å². The first-order valence-corrected chi connectivity index (χ1v) is 10.3. The Labute approximate surface area is 181 Å². The smallest absolute Gasteiger partial charge is 0.486 e. The Balaban J connectivity index is 0.00000155. The molecule has 10 heteroatoms. The Morgan fingerprint density at radius 1 is 1.33 bits per heavy atom. The van der Waals surface area contributed by atoms with Gasteiger partial charge in [0.1, 0.15) is 17.1 Å². The number of nitroso groups, excluding NO2 is 1. The zero-order valence-corrected chi connectivity index (χ0v) is 18.0. The van der Waals surface area contributed by atoms with Crippen LogP contribution in [0.4, 0.5) is 18.9 Å². The molecule has 3 rings (SSSR count). The summed E-state index contributed by atoms with van der Waals surface area (Å²) in [6, 6.07) is 5.62. The molecule has 2 unspecified atom stereocenters. The predicted molar refractivity (Wildman–Crippen MR) is 110 cm³/mol. The average molecular weight is 493 g/mol. The van der Waals surface area contributed by atoms with E-state index in [1.54, 1.807) is 0 Å². The SMILES string of the molecule is CCC1(CCNc2ccc(OC(F)(F)F)cc2)CC(O)C2=CCCC(Br)=C2O1.N=O. The van der Waals surface area contributed by atoms with Crippen LogP contribution in [0.15, 0.2) is 46.2 Å². The fraction of sp³-hybridized carbons (Fsp3) is 0.500. The van der Waals surface area contributed by atoms with Gasteiger partial charge >= 0.3 is 6.36 Å². The lowest BCUT2D eigenvalue weighted by molar-refractivity contribution is -0.274. The van der Waals surface area contributed by atoms with Crippen LogP contribution in [0.5, 0.6) is 5.75 Å². The highest BCUT2D eigenvalue weighted by molar-refractivity contribution is 9.11. The Bertz CT molecular complexity index is 783. The fourth-order valence-corrected chi connectivity index (χ4v) is 4.13. The summed E-state index contributed by atoms with van der Waals surface area (Å²) in [6.07, 6.45) is 0.420. The van der Waals surface area contributed by atoms with Crippen LogP contribution >= 0.6 is 15.9 Å². The molecule has 0 spiro atoms. The Morgan fingerprint density at radius 2 is 2.00 bits per heavy atom. The molecule has 3 N–H and O–H groups in total. The summed E-state index contributed by atoms with van der Waals surface area (Å²) in [6.45, 7) is 2.59. The van der Waals surface area contributed by atoms with Crippen molar-refractivity contribution in [2.75, 3.05) is 11.9 Å². The lowest BCUT2D eigenvalue weighted by atomic mass is 9.82. The molecule has 0 aromatic heterocycles. The Kier molecular flexibility index (Phi) is 8.31. The minimum absolute atomic E-state index is 0.254. The molecule has 0 bridgehead atoms. The number of hydrogen-bond acceptors (Lipinski definition) is 6. The van der Waals surface area contributed by atoms with Gasteiger partial charge in [-0.25, -0.2) is 0 Å². The van der Waals surface area contributed by atoms with Crippen LogP contribution in [0.25, 0.3) is 0 Å². The van der Waals surface area contributed by atoms with E-state index in [-0.39, 0.29) is 5.75 Å². The maximum absolute atomic E-state index is 12.2. The molecule has 1 aliphatic heterocycles. The van der Waals surface area contributed by atoms with E-state index in [2.05, 4.69) is 31.6 Å². The van der Waals surface area contributed by atoms with Crippen molar-refractivity contribution in [2.45, 2.75) is 57.1 Å². The van der Waals surface area contributed by atoms with E-state index in [1.165, 1.54) is 24.3 Å². The van der Waals surface area contributed by atoms with E-state index >= 15 is 0 Å². The molecule has 1 heterocycles. The molecular weight excluding hydrogens is 469 g/mol. The third-order valence-corrected chi connectivity index (χ3v) is 5.88. The van der Waals surface area contributed by atoms with Gasteiger partial charge in [-0.05, 0) is 43.5 Å². The summed E-state index contributed by atoms with van der Waals surface area (Å²) in [7, 11) is 0. The van der Waals surface area contributed by atoms with Crippen LogP contribution in [0.1, 0.15) is 39.0 Å². The number of rotatable bonds is 6. The second-order valence-electron chi connectivity index (χ2n) is 7.04. The molecule has 1 saturated heterocycles. The normalized spacial score (nSPS) is 23.4. The highest BCUT2D eigenvalue weighted by Crippen LogP contribution is 2.44. The number of anilines is 1. The molecular formula is C20H24BrF3N2O4. The van der Waals surface area contributed by atoms with Crippen LogP contribution in [0, 0.1) is 10.5 Å². The molecule has 1 aromatic rings. The van der Waals surface area contributed by atoms with Crippen molar-refractivity contribution in [3.63, 3.8) is 0 Å². The Hall–Kier alpha value is -2.07. The third-order valence-electron chi connectivity index (χ3n) is 5.12. The van der Waals surface area contributed by atoms with Gasteiger partial charge in [0.05, 0.1) is 6.10 Å². The van der Waals surface area contributed by atoms with Crippen molar-refractivity contribution in [3.8, 4) is 5.75 Å². The highest BCUT2D eigenvalue weighted by Gasteiger charge is 2.42. The molecule has 6 nitrogen and oxygen atoms in total. The lowest BCUT2D eigenvalue weighted by Gasteiger charge is -2.43. The predicted octanol–water partition coefficient (Wildman–Crippen LogP) is 5.98. The first-order chi connectivity index (χ1) is 14.2. The number of alkyl halides is 3. The van der Waals surface area contributed by atoms with Crippen LogP contribution in [-0.4, -0.2) is 29.7 Å². The average Bonchev–Trinajstić information content (AvgIpc) is 2.71. The number of nitrogens with one attached hydrogen (secondary N) is 2. The van der Waals surface area contributed by atoms with Crippen molar-refractivity contribution in [1.29, 1.82) is 5.59 Å². The molecule has 0 radical (unpaired) electrons. The summed E-state index contributed by atoms with van der Waals surface area (Å²) in [5.74, 6) is 0.496. The van der Waals surface area contributed by atoms with Gasteiger partial charge in [0.2, 0.25) is 0 Å². The molecule has 0 saturated carbocycles. The number of ether oxygens (including phenoxy) is 2. The van der Waals surface area contributed by atoms with Crippen molar-refractivity contribution < 1.29 is 27.8 Å². The number of benzene rings is 1. The van der Waals surface area contributed by atoms with E-state index in [4.69, 9.17) is 9.64 Å². The molecule has 2 aliphatic rings. The standard InChI is InChI=1S/C20H23BrF3NO3.HNO/c1-2-19(12-17(26)15-4-3-5-16(21)18(15)28-19)10-11-25-13-6-8-14(9-7-13)27-20(22,23)24;1-2/h4,6-9,17,25-26H,2-3,5,10-12H2,1H3;1H. The lowest BCUT2D eigenvalue weighted by Crippen LogP contribution is -2.43. The van der Waals surface area contributed by atoms with E-state index in [0.717, 1.165) is 35.1 Å². The minimum atomic E-state index is -4.70. The molecule has 30 heavy (non-hydrogen) atoms. The van der Waals surface area contributed by atoms with Crippen molar-refractivity contribution in [1.82, 2.24) is 0 Å². The van der Waals surface area contributed by atoms with Gasteiger partial charge in [-0.2, -0.15) is 4.91 Å².